The standard InChI is InChI=1S/C28H24N2O7S/c1-35-17-9-7-16(8-10-17)25(32)23-24(19-5-3-4-6-21(19)37-14-13-31)30(27(34)26(23)33)28-29-20-12-11-18(36-2)15-22(20)38-28/h3-12,15,24,31,33H,13-14H2,1-2H3. The zero-order valence-corrected chi connectivity index (χ0v) is 21.4. The minimum Gasteiger partial charge on any atom is -0.503 e. The van der Waals surface area contributed by atoms with Gasteiger partial charge < -0.3 is 24.4 Å². The first kappa shape index (κ1) is 25.2. The van der Waals surface area contributed by atoms with Crippen molar-refractivity contribution in [3.63, 3.8) is 0 Å². The largest absolute Gasteiger partial charge is 0.503 e. The van der Waals surface area contributed by atoms with Crippen LogP contribution in [-0.4, -0.2) is 54.3 Å². The first-order chi connectivity index (χ1) is 18.5. The molecule has 1 amide bonds. The van der Waals surface area contributed by atoms with Crippen molar-refractivity contribution >= 4 is 38.4 Å². The highest BCUT2D eigenvalue weighted by Gasteiger charge is 2.47. The number of benzene rings is 3. The number of thiazole rings is 1. The fraction of sp³-hybridized carbons (Fsp3) is 0.179. The molecule has 0 saturated heterocycles. The number of methoxy groups -OCH3 is 2. The summed E-state index contributed by atoms with van der Waals surface area (Å²) in [6.07, 6.45) is 0. The van der Waals surface area contributed by atoms with E-state index in [0.717, 1.165) is 4.70 Å². The van der Waals surface area contributed by atoms with Crippen LogP contribution in [-0.2, 0) is 4.79 Å². The fourth-order valence-corrected chi connectivity index (χ4v) is 5.36. The molecular weight excluding hydrogens is 508 g/mol. The van der Waals surface area contributed by atoms with E-state index < -0.39 is 23.5 Å². The molecule has 38 heavy (non-hydrogen) atoms. The Morgan fingerprint density at radius 1 is 1.03 bits per heavy atom. The minimum atomic E-state index is -1.03. The van der Waals surface area contributed by atoms with Crippen molar-refractivity contribution in [3.8, 4) is 17.2 Å². The van der Waals surface area contributed by atoms with Gasteiger partial charge in [-0.15, -0.1) is 0 Å². The molecule has 1 aliphatic heterocycles. The van der Waals surface area contributed by atoms with Crippen LogP contribution in [0.5, 0.6) is 17.2 Å². The maximum atomic E-state index is 13.8. The number of aliphatic hydroxyl groups excluding tert-OH is 2. The number of aromatic nitrogens is 1. The maximum absolute atomic E-state index is 13.8. The van der Waals surface area contributed by atoms with Crippen LogP contribution in [0, 0.1) is 0 Å². The molecule has 2 heterocycles. The van der Waals surface area contributed by atoms with Crippen LogP contribution in [0.2, 0.25) is 0 Å². The number of hydrogen-bond donors (Lipinski definition) is 2. The van der Waals surface area contributed by atoms with Gasteiger partial charge in [0.2, 0.25) is 0 Å². The van der Waals surface area contributed by atoms with Crippen molar-refractivity contribution in [2.45, 2.75) is 6.04 Å². The zero-order chi connectivity index (χ0) is 26.8. The number of ether oxygens (including phenoxy) is 3. The van der Waals surface area contributed by atoms with Gasteiger partial charge in [0.25, 0.3) is 5.91 Å². The molecule has 0 bridgehead atoms. The van der Waals surface area contributed by atoms with Crippen LogP contribution in [0.15, 0.2) is 78.1 Å². The second-order valence-electron chi connectivity index (χ2n) is 8.34. The van der Waals surface area contributed by atoms with Crippen LogP contribution >= 0.6 is 11.3 Å². The van der Waals surface area contributed by atoms with Crippen molar-refractivity contribution in [3.05, 3.63) is 89.2 Å². The van der Waals surface area contributed by atoms with E-state index in [1.54, 1.807) is 73.8 Å². The number of amides is 1. The van der Waals surface area contributed by atoms with Gasteiger partial charge in [0, 0.05) is 11.1 Å². The normalized spacial score (nSPS) is 15.3. The van der Waals surface area contributed by atoms with Gasteiger partial charge >= 0.3 is 0 Å². The third-order valence-corrected chi connectivity index (χ3v) is 7.18. The number of Topliss-reactive ketones (excluding diaryl/α,β-unsaturated/α-hetero) is 1. The first-order valence-corrected chi connectivity index (χ1v) is 12.5. The van der Waals surface area contributed by atoms with E-state index >= 15 is 0 Å². The molecule has 3 aromatic carbocycles. The lowest BCUT2D eigenvalue weighted by molar-refractivity contribution is -0.117. The molecule has 10 heteroatoms. The molecule has 5 rings (SSSR count). The second-order valence-corrected chi connectivity index (χ2v) is 9.35. The molecular formula is C28H24N2O7S. The summed E-state index contributed by atoms with van der Waals surface area (Å²) in [5.74, 6) is -0.378. The summed E-state index contributed by atoms with van der Waals surface area (Å²) in [6.45, 7) is -0.212. The lowest BCUT2D eigenvalue weighted by Crippen LogP contribution is -2.31. The molecule has 0 spiro atoms. The highest BCUT2D eigenvalue weighted by atomic mass is 32.1. The molecule has 1 unspecified atom stereocenters. The van der Waals surface area contributed by atoms with Crippen LogP contribution in [0.25, 0.3) is 10.2 Å². The zero-order valence-electron chi connectivity index (χ0n) is 20.6. The predicted molar refractivity (Wildman–Crippen MR) is 142 cm³/mol. The van der Waals surface area contributed by atoms with Gasteiger partial charge in [0.15, 0.2) is 16.7 Å². The van der Waals surface area contributed by atoms with E-state index in [0.29, 0.717) is 33.5 Å². The number of hydrogen-bond acceptors (Lipinski definition) is 9. The fourth-order valence-electron chi connectivity index (χ4n) is 4.34. The third kappa shape index (κ3) is 4.44. The summed E-state index contributed by atoms with van der Waals surface area (Å²) < 4.78 is 17.0. The van der Waals surface area contributed by atoms with Crippen molar-refractivity contribution in [2.75, 3.05) is 32.3 Å². The van der Waals surface area contributed by atoms with Crippen molar-refractivity contribution in [2.24, 2.45) is 0 Å². The van der Waals surface area contributed by atoms with E-state index in [1.165, 1.54) is 23.3 Å². The van der Waals surface area contributed by atoms with Gasteiger partial charge in [-0.25, -0.2) is 4.98 Å². The van der Waals surface area contributed by atoms with Crippen molar-refractivity contribution in [1.29, 1.82) is 0 Å². The number of rotatable bonds is 9. The van der Waals surface area contributed by atoms with E-state index in [9.17, 15) is 19.8 Å². The number of anilines is 1. The van der Waals surface area contributed by atoms with Gasteiger partial charge in [0.1, 0.15) is 29.9 Å². The number of fused-ring (bicyclic) bond motifs is 1. The number of para-hydroxylation sites is 1. The van der Waals surface area contributed by atoms with Crippen LogP contribution < -0.4 is 19.1 Å². The quantitative estimate of drug-likeness (QED) is 0.303. The number of ketones is 1. The molecule has 1 aromatic heterocycles. The molecule has 9 nitrogen and oxygen atoms in total. The number of carbonyl (C=O) groups excluding carboxylic acids is 2. The Hall–Kier alpha value is -4.41. The molecule has 2 N–H and O–H groups in total. The average Bonchev–Trinajstić information content (AvgIpc) is 3.49. The summed E-state index contributed by atoms with van der Waals surface area (Å²) >= 11 is 1.23. The van der Waals surface area contributed by atoms with E-state index in [1.807, 2.05) is 0 Å². The summed E-state index contributed by atoms with van der Waals surface area (Å²) in [7, 11) is 3.08. The van der Waals surface area contributed by atoms with Gasteiger partial charge in [-0.05, 0) is 48.5 Å². The maximum Gasteiger partial charge on any atom is 0.296 e. The van der Waals surface area contributed by atoms with E-state index in [-0.39, 0.29) is 24.4 Å². The molecule has 0 aliphatic carbocycles. The van der Waals surface area contributed by atoms with Crippen LogP contribution in [0.4, 0.5) is 5.13 Å². The topological polar surface area (TPSA) is 118 Å². The van der Waals surface area contributed by atoms with Gasteiger partial charge in [-0.2, -0.15) is 0 Å². The lowest BCUT2D eigenvalue weighted by atomic mass is 9.92. The summed E-state index contributed by atoms with van der Waals surface area (Å²) in [4.78, 5) is 33.3. The van der Waals surface area contributed by atoms with Crippen molar-refractivity contribution in [1.82, 2.24) is 4.98 Å². The number of aliphatic hydroxyl groups is 2. The Morgan fingerprint density at radius 3 is 2.45 bits per heavy atom. The Kier molecular flexibility index (Phi) is 6.99. The Balaban J connectivity index is 1.67. The smallest absolute Gasteiger partial charge is 0.296 e. The molecule has 0 saturated carbocycles. The average molecular weight is 533 g/mol. The van der Waals surface area contributed by atoms with Gasteiger partial charge in [0.05, 0.1) is 36.6 Å². The molecule has 0 radical (unpaired) electrons. The van der Waals surface area contributed by atoms with Gasteiger partial charge in [-0.3, -0.25) is 14.5 Å². The Labute approximate surface area is 222 Å². The van der Waals surface area contributed by atoms with E-state index in [2.05, 4.69) is 4.98 Å². The highest BCUT2D eigenvalue weighted by molar-refractivity contribution is 7.22. The molecule has 4 aromatic rings. The Bertz CT molecular complexity index is 1540. The minimum absolute atomic E-state index is 0.00999. The molecule has 194 valence electrons. The molecule has 1 aliphatic rings. The van der Waals surface area contributed by atoms with E-state index in [4.69, 9.17) is 14.2 Å². The third-order valence-electron chi connectivity index (χ3n) is 6.16. The molecule has 0 fully saturated rings. The van der Waals surface area contributed by atoms with Crippen LogP contribution in [0.3, 0.4) is 0 Å². The lowest BCUT2D eigenvalue weighted by Gasteiger charge is -2.26. The van der Waals surface area contributed by atoms with Crippen molar-refractivity contribution < 1.29 is 34.0 Å². The monoisotopic (exact) mass is 532 g/mol. The Morgan fingerprint density at radius 2 is 1.74 bits per heavy atom. The number of carbonyl (C=O) groups is 2. The SMILES string of the molecule is COc1ccc(C(=O)C2=C(O)C(=O)N(c3nc4ccc(OC)cc4s3)C2c2ccccc2OCCO)cc1. The summed E-state index contributed by atoms with van der Waals surface area (Å²) in [5.41, 5.74) is 1.27. The first-order valence-electron chi connectivity index (χ1n) is 11.7. The van der Waals surface area contributed by atoms with Crippen LogP contribution in [0.1, 0.15) is 22.0 Å². The van der Waals surface area contributed by atoms with Gasteiger partial charge in [-0.1, -0.05) is 29.5 Å². The second kappa shape index (κ2) is 10.5. The summed E-state index contributed by atoms with van der Waals surface area (Å²) in [5, 5.41) is 20.7. The summed E-state index contributed by atoms with van der Waals surface area (Å²) in [6, 6.07) is 17.6. The predicted octanol–water partition coefficient (Wildman–Crippen LogP) is 4.47. The number of nitrogens with zero attached hydrogens (tertiary/aromatic N) is 2. The molecule has 1 atom stereocenters. The highest BCUT2D eigenvalue weighted by Crippen LogP contribution is 2.46.